The third-order valence-corrected chi connectivity index (χ3v) is 6.07. The Morgan fingerprint density at radius 2 is 1.85 bits per heavy atom. The van der Waals surface area contributed by atoms with E-state index in [4.69, 9.17) is 0 Å². The molecule has 3 aliphatic rings. The van der Waals surface area contributed by atoms with Gasteiger partial charge in [-0.15, -0.1) is 0 Å². The fourth-order valence-corrected chi connectivity index (χ4v) is 4.27. The molecule has 0 aromatic heterocycles. The topological polar surface area (TPSA) is 43.9 Å². The Balaban J connectivity index is 1.31. The number of likely N-dealkylation sites (tertiary alicyclic amines) is 1. The summed E-state index contributed by atoms with van der Waals surface area (Å²) in [6.45, 7) is 4.65. The molecule has 1 saturated carbocycles. The Morgan fingerprint density at radius 1 is 1.04 bits per heavy atom. The molecule has 2 heterocycles. The number of rotatable bonds is 5. The van der Waals surface area contributed by atoms with E-state index in [0.29, 0.717) is 18.7 Å². The van der Waals surface area contributed by atoms with Crippen LogP contribution in [0.2, 0.25) is 0 Å². The molecule has 27 heavy (non-hydrogen) atoms. The van der Waals surface area contributed by atoms with Crippen LogP contribution in [-0.2, 0) is 16.0 Å². The predicted molar refractivity (Wildman–Crippen MR) is 101 cm³/mol. The van der Waals surface area contributed by atoms with Gasteiger partial charge in [0.25, 0.3) is 0 Å². The molecule has 4 rings (SSSR count). The van der Waals surface area contributed by atoms with Crippen LogP contribution in [0.1, 0.15) is 31.2 Å². The summed E-state index contributed by atoms with van der Waals surface area (Å²) >= 11 is 0. The van der Waals surface area contributed by atoms with Gasteiger partial charge in [-0.25, -0.2) is 4.39 Å². The van der Waals surface area contributed by atoms with Gasteiger partial charge >= 0.3 is 0 Å². The molecule has 0 unspecified atom stereocenters. The first-order valence-corrected chi connectivity index (χ1v) is 10.2. The lowest BCUT2D eigenvalue weighted by atomic mass is 10.1. The second-order valence-corrected chi connectivity index (χ2v) is 8.07. The van der Waals surface area contributed by atoms with Crippen molar-refractivity contribution in [1.82, 2.24) is 14.7 Å². The number of carbonyl (C=O) groups is 2. The van der Waals surface area contributed by atoms with Gasteiger partial charge in [0.2, 0.25) is 11.8 Å². The Hall–Kier alpha value is -1.95. The number of carbonyl (C=O) groups excluding carboxylic acids is 2. The molecule has 6 heteroatoms. The summed E-state index contributed by atoms with van der Waals surface area (Å²) in [6.07, 6.45) is 4.38. The van der Waals surface area contributed by atoms with Crippen LogP contribution in [-0.4, -0.2) is 71.8 Å². The normalized spacial score (nSPS) is 24.3. The summed E-state index contributed by atoms with van der Waals surface area (Å²) in [5, 5.41) is 0. The number of amides is 2. The predicted octanol–water partition coefficient (Wildman–Crippen LogP) is 1.91. The van der Waals surface area contributed by atoms with Gasteiger partial charge in [-0.3, -0.25) is 14.5 Å². The van der Waals surface area contributed by atoms with Crippen molar-refractivity contribution in [2.75, 3.05) is 39.3 Å². The van der Waals surface area contributed by atoms with Gasteiger partial charge in [0.15, 0.2) is 0 Å². The molecule has 2 saturated heterocycles. The summed E-state index contributed by atoms with van der Waals surface area (Å²) in [7, 11) is 0. The molecule has 1 atom stereocenters. The monoisotopic (exact) mass is 373 g/mol. The summed E-state index contributed by atoms with van der Waals surface area (Å²) < 4.78 is 13.8. The third kappa shape index (κ3) is 4.32. The van der Waals surface area contributed by atoms with E-state index < -0.39 is 0 Å². The van der Waals surface area contributed by atoms with E-state index in [2.05, 4.69) is 4.90 Å². The van der Waals surface area contributed by atoms with Crippen LogP contribution in [0.15, 0.2) is 24.3 Å². The summed E-state index contributed by atoms with van der Waals surface area (Å²) in [5.41, 5.74) is 0.449. The van der Waals surface area contributed by atoms with E-state index >= 15 is 0 Å². The fraction of sp³-hybridized carbons (Fsp3) is 0.619. The Bertz CT molecular complexity index is 706. The first-order chi connectivity index (χ1) is 13.1. The van der Waals surface area contributed by atoms with Gasteiger partial charge in [0, 0.05) is 39.3 Å². The third-order valence-electron chi connectivity index (χ3n) is 6.07. The number of hydrogen-bond donors (Lipinski definition) is 0. The molecule has 3 fully saturated rings. The lowest BCUT2D eigenvalue weighted by molar-refractivity contribution is -0.132. The molecular weight excluding hydrogens is 345 g/mol. The zero-order chi connectivity index (χ0) is 18.8. The molecule has 1 aromatic rings. The molecule has 5 nitrogen and oxygen atoms in total. The minimum absolute atomic E-state index is 0.0228. The van der Waals surface area contributed by atoms with Crippen LogP contribution in [0.5, 0.6) is 0 Å². The minimum atomic E-state index is -0.324. The van der Waals surface area contributed by atoms with Crippen LogP contribution >= 0.6 is 0 Å². The smallest absolute Gasteiger partial charge is 0.240 e. The largest absolute Gasteiger partial charge is 0.341 e. The maximum absolute atomic E-state index is 13.8. The van der Waals surface area contributed by atoms with Crippen LogP contribution in [0.25, 0.3) is 0 Å². The van der Waals surface area contributed by atoms with Gasteiger partial charge in [0.05, 0.1) is 12.5 Å². The second-order valence-electron chi connectivity index (χ2n) is 8.07. The summed E-state index contributed by atoms with van der Waals surface area (Å²) in [6, 6.07) is 6.44. The van der Waals surface area contributed by atoms with E-state index in [1.165, 1.54) is 18.9 Å². The highest BCUT2D eigenvalue weighted by molar-refractivity contribution is 5.84. The standard InChI is InChI=1S/C21H28FN3O2/c22-18-5-2-1-4-17(18)14-20(26)24-10-3-9-23(12-13-24)19-8-11-25(21(19)27)15-16-6-7-16/h1-2,4-5,16,19H,3,6-15H2/t19-/m1/s1. The SMILES string of the molecule is O=C(Cc1ccccc1F)N1CCCN([C@@H]2CCN(CC3CC3)C2=O)CC1. The quantitative estimate of drug-likeness (QED) is 0.792. The molecule has 2 amide bonds. The fourth-order valence-electron chi connectivity index (χ4n) is 4.27. The molecule has 0 spiro atoms. The first-order valence-electron chi connectivity index (χ1n) is 10.2. The van der Waals surface area contributed by atoms with Gasteiger partial charge < -0.3 is 9.80 Å². The first kappa shape index (κ1) is 18.4. The molecule has 2 aliphatic heterocycles. The molecule has 1 aliphatic carbocycles. The van der Waals surface area contributed by atoms with Gasteiger partial charge in [-0.1, -0.05) is 18.2 Å². The Morgan fingerprint density at radius 3 is 2.63 bits per heavy atom. The van der Waals surface area contributed by atoms with Crippen molar-refractivity contribution in [1.29, 1.82) is 0 Å². The van der Waals surface area contributed by atoms with Gasteiger partial charge in [-0.05, 0) is 43.2 Å². The van der Waals surface area contributed by atoms with Crippen molar-refractivity contribution in [2.45, 2.75) is 38.1 Å². The van der Waals surface area contributed by atoms with Crippen LogP contribution in [0.4, 0.5) is 4.39 Å². The highest BCUT2D eigenvalue weighted by atomic mass is 19.1. The lowest BCUT2D eigenvalue weighted by Gasteiger charge is -2.26. The lowest BCUT2D eigenvalue weighted by Crippen LogP contribution is -2.44. The molecule has 0 bridgehead atoms. The molecule has 146 valence electrons. The molecule has 0 N–H and O–H groups in total. The van der Waals surface area contributed by atoms with Crippen molar-refractivity contribution in [2.24, 2.45) is 5.92 Å². The zero-order valence-electron chi connectivity index (χ0n) is 15.8. The maximum Gasteiger partial charge on any atom is 0.240 e. The van der Waals surface area contributed by atoms with E-state index in [-0.39, 0.29) is 30.1 Å². The van der Waals surface area contributed by atoms with Crippen LogP contribution in [0.3, 0.4) is 0 Å². The van der Waals surface area contributed by atoms with Crippen molar-refractivity contribution in [3.8, 4) is 0 Å². The van der Waals surface area contributed by atoms with E-state index in [1.807, 2.05) is 9.80 Å². The molecule has 1 aromatic carbocycles. The Kier molecular flexibility index (Phi) is 5.43. The molecular formula is C21H28FN3O2. The average Bonchev–Trinajstić information content (AvgIpc) is 3.44. The van der Waals surface area contributed by atoms with Gasteiger partial charge in [0.1, 0.15) is 5.82 Å². The van der Waals surface area contributed by atoms with Crippen molar-refractivity contribution in [3.63, 3.8) is 0 Å². The number of halogens is 1. The maximum atomic E-state index is 13.8. The zero-order valence-corrected chi connectivity index (χ0v) is 15.8. The van der Waals surface area contributed by atoms with Crippen LogP contribution in [0, 0.1) is 11.7 Å². The number of nitrogens with zero attached hydrogens (tertiary/aromatic N) is 3. The second kappa shape index (κ2) is 7.97. The van der Waals surface area contributed by atoms with E-state index in [1.54, 1.807) is 18.2 Å². The average molecular weight is 373 g/mol. The summed E-state index contributed by atoms with van der Waals surface area (Å²) in [4.78, 5) is 31.5. The molecule has 0 radical (unpaired) electrons. The van der Waals surface area contributed by atoms with Gasteiger partial charge in [-0.2, -0.15) is 0 Å². The highest BCUT2D eigenvalue weighted by Gasteiger charge is 2.38. The minimum Gasteiger partial charge on any atom is -0.341 e. The summed E-state index contributed by atoms with van der Waals surface area (Å²) in [5.74, 6) is 0.640. The highest BCUT2D eigenvalue weighted by Crippen LogP contribution is 2.31. The van der Waals surface area contributed by atoms with Crippen molar-refractivity contribution < 1.29 is 14.0 Å². The number of benzene rings is 1. The van der Waals surface area contributed by atoms with E-state index in [9.17, 15) is 14.0 Å². The Labute approximate surface area is 160 Å². The van der Waals surface area contributed by atoms with Crippen molar-refractivity contribution in [3.05, 3.63) is 35.6 Å². The van der Waals surface area contributed by atoms with Crippen molar-refractivity contribution >= 4 is 11.8 Å². The van der Waals surface area contributed by atoms with Crippen LogP contribution < -0.4 is 0 Å². The number of hydrogen-bond acceptors (Lipinski definition) is 3. The van der Waals surface area contributed by atoms with E-state index in [0.717, 1.165) is 44.9 Å².